The highest BCUT2D eigenvalue weighted by Gasteiger charge is 1.94. The fraction of sp³-hybridized carbons (Fsp3) is 0.429. The van der Waals surface area contributed by atoms with Crippen LogP contribution in [0.4, 0.5) is 0 Å². The Labute approximate surface area is 60.0 Å². The van der Waals surface area contributed by atoms with Crippen LogP contribution in [0.5, 0.6) is 0 Å². The number of nitrogens with zero attached hydrogens (tertiary/aromatic N) is 1. The highest BCUT2D eigenvalue weighted by atomic mass is 16.5. The molecule has 0 unspecified atom stereocenters. The van der Waals surface area contributed by atoms with Gasteiger partial charge in [0.25, 0.3) is 0 Å². The molecule has 0 saturated carbocycles. The minimum atomic E-state index is 0.667. The molecular weight excluding hydrogens is 130 g/mol. The van der Waals surface area contributed by atoms with Gasteiger partial charge in [-0.15, -0.1) is 0 Å². The lowest BCUT2D eigenvalue weighted by Gasteiger charge is -1.93. The van der Waals surface area contributed by atoms with Gasteiger partial charge in [0, 0.05) is 19.1 Å². The van der Waals surface area contributed by atoms with Crippen LogP contribution < -0.4 is 0 Å². The van der Waals surface area contributed by atoms with Crippen molar-refractivity contribution < 1.29 is 9.26 Å². The van der Waals surface area contributed by atoms with E-state index in [1.165, 1.54) is 0 Å². The topological polar surface area (TPSA) is 35.3 Å². The Morgan fingerprint density at radius 2 is 2.60 bits per heavy atom. The van der Waals surface area contributed by atoms with E-state index in [0.29, 0.717) is 6.61 Å². The number of ether oxygens (including phenoxy) is 1. The minimum absolute atomic E-state index is 0.667. The third kappa shape index (κ3) is 2.19. The zero-order chi connectivity index (χ0) is 7.23. The van der Waals surface area contributed by atoms with Crippen molar-refractivity contribution in [2.45, 2.75) is 12.8 Å². The molecule has 0 amide bonds. The monoisotopic (exact) mass is 140 g/mol. The average Bonchev–Trinajstić information content (AvgIpc) is 2.41. The van der Waals surface area contributed by atoms with Gasteiger partial charge in [-0.2, -0.15) is 0 Å². The molecule has 0 aliphatic rings. The molecule has 0 atom stereocenters. The molecule has 0 saturated heterocycles. The van der Waals surface area contributed by atoms with Gasteiger partial charge in [0.15, 0.2) is 0 Å². The van der Waals surface area contributed by atoms with E-state index >= 15 is 0 Å². The van der Waals surface area contributed by atoms with E-state index in [1.54, 1.807) is 6.20 Å². The lowest BCUT2D eigenvalue weighted by atomic mass is 10.3. The second-order valence-corrected chi connectivity index (χ2v) is 1.99. The van der Waals surface area contributed by atoms with Gasteiger partial charge in [-0.25, -0.2) is 0 Å². The number of hydrogen-bond acceptors (Lipinski definition) is 3. The first-order valence-electron chi connectivity index (χ1n) is 3.20. The molecule has 0 fully saturated rings. The third-order valence-electron chi connectivity index (χ3n) is 1.20. The molecule has 0 aliphatic heterocycles. The van der Waals surface area contributed by atoms with Gasteiger partial charge in [0.2, 0.25) is 0 Å². The first-order chi connectivity index (χ1) is 4.93. The zero-order valence-electron chi connectivity index (χ0n) is 5.75. The maximum Gasteiger partial charge on any atom is 0.136 e. The largest absolute Gasteiger partial charge is 0.379 e. The minimum Gasteiger partial charge on any atom is -0.379 e. The molecule has 1 heterocycles. The highest BCUT2D eigenvalue weighted by Crippen LogP contribution is 2.00. The van der Waals surface area contributed by atoms with Crippen LogP contribution in [0.25, 0.3) is 0 Å². The summed E-state index contributed by atoms with van der Waals surface area (Å²) >= 11 is 0. The maximum atomic E-state index is 4.85. The maximum absolute atomic E-state index is 4.85. The van der Waals surface area contributed by atoms with Gasteiger partial charge in [-0.1, -0.05) is 5.16 Å². The molecule has 1 radical (unpaired) electrons. The SMILES string of the molecule is [CH2]OCCCc1ccno1. The van der Waals surface area contributed by atoms with Crippen LogP contribution in [0.2, 0.25) is 0 Å². The summed E-state index contributed by atoms with van der Waals surface area (Å²) in [4.78, 5) is 0. The van der Waals surface area contributed by atoms with Crippen LogP contribution in [-0.4, -0.2) is 11.8 Å². The molecule has 0 bridgehead atoms. The number of aryl methyl sites for hydroxylation is 1. The smallest absolute Gasteiger partial charge is 0.136 e. The molecule has 0 spiro atoms. The lowest BCUT2D eigenvalue weighted by molar-refractivity contribution is 0.233. The average molecular weight is 140 g/mol. The van der Waals surface area contributed by atoms with E-state index in [4.69, 9.17) is 4.52 Å². The summed E-state index contributed by atoms with van der Waals surface area (Å²) in [5, 5.41) is 3.57. The van der Waals surface area contributed by atoms with Crippen LogP contribution in [0.15, 0.2) is 16.8 Å². The van der Waals surface area contributed by atoms with E-state index in [0.717, 1.165) is 18.6 Å². The second-order valence-electron chi connectivity index (χ2n) is 1.99. The molecule has 55 valence electrons. The summed E-state index contributed by atoms with van der Waals surface area (Å²) in [7, 11) is 3.26. The Kier molecular flexibility index (Phi) is 2.96. The van der Waals surface area contributed by atoms with Gasteiger partial charge >= 0.3 is 0 Å². The van der Waals surface area contributed by atoms with E-state index in [2.05, 4.69) is 17.0 Å². The molecule has 1 rings (SSSR count). The van der Waals surface area contributed by atoms with E-state index < -0.39 is 0 Å². The van der Waals surface area contributed by atoms with Crippen molar-refractivity contribution in [3.05, 3.63) is 25.1 Å². The van der Waals surface area contributed by atoms with E-state index in [1.807, 2.05) is 6.07 Å². The van der Waals surface area contributed by atoms with Crippen molar-refractivity contribution in [1.29, 1.82) is 0 Å². The summed E-state index contributed by atoms with van der Waals surface area (Å²) in [5.74, 6) is 0.900. The standard InChI is InChI=1S/C7H10NO2/c1-9-6-2-3-7-4-5-8-10-7/h4-5H,1-3,6H2. The van der Waals surface area contributed by atoms with Crippen molar-refractivity contribution in [3.8, 4) is 0 Å². The Morgan fingerprint density at radius 3 is 3.20 bits per heavy atom. The van der Waals surface area contributed by atoms with Crippen molar-refractivity contribution in [3.63, 3.8) is 0 Å². The quantitative estimate of drug-likeness (QED) is 0.593. The molecule has 3 heteroatoms. The van der Waals surface area contributed by atoms with E-state index in [-0.39, 0.29) is 0 Å². The Hall–Kier alpha value is -0.830. The van der Waals surface area contributed by atoms with Gasteiger partial charge in [-0.3, -0.25) is 0 Å². The van der Waals surface area contributed by atoms with Crippen molar-refractivity contribution in [1.82, 2.24) is 5.16 Å². The van der Waals surface area contributed by atoms with Gasteiger partial charge in [0.1, 0.15) is 5.76 Å². The zero-order valence-corrected chi connectivity index (χ0v) is 5.75. The summed E-state index contributed by atoms with van der Waals surface area (Å²) in [6.07, 6.45) is 3.44. The van der Waals surface area contributed by atoms with Crippen molar-refractivity contribution in [2.24, 2.45) is 0 Å². The molecular formula is C7H10NO2. The predicted molar refractivity (Wildman–Crippen MR) is 36.1 cm³/mol. The molecule has 0 N–H and O–H groups in total. The summed E-state index contributed by atoms with van der Waals surface area (Å²) in [6, 6.07) is 1.85. The van der Waals surface area contributed by atoms with Gasteiger partial charge in [0.05, 0.1) is 13.3 Å². The predicted octanol–water partition coefficient (Wildman–Crippen LogP) is 1.42. The Bertz CT molecular complexity index is 160. The lowest BCUT2D eigenvalue weighted by Crippen LogP contribution is -1.89. The van der Waals surface area contributed by atoms with Crippen LogP contribution >= 0.6 is 0 Å². The molecule has 1 aromatic rings. The molecule has 3 nitrogen and oxygen atoms in total. The van der Waals surface area contributed by atoms with Crippen LogP contribution in [-0.2, 0) is 11.2 Å². The molecule has 1 aromatic heterocycles. The molecule has 10 heavy (non-hydrogen) atoms. The number of aromatic nitrogens is 1. The third-order valence-corrected chi connectivity index (χ3v) is 1.20. The second kappa shape index (κ2) is 4.06. The van der Waals surface area contributed by atoms with Crippen LogP contribution in [0, 0.1) is 7.11 Å². The van der Waals surface area contributed by atoms with Crippen LogP contribution in [0.1, 0.15) is 12.2 Å². The van der Waals surface area contributed by atoms with Gasteiger partial charge in [-0.05, 0) is 6.42 Å². The van der Waals surface area contributed by atoms with Crippen LogP contribution in [0.3, 0.4) is 0 Å². The summed E-state index contributed by atoms with van der Waals surface area (Å²) in [5.41, 5.74) is 0. The Balaban J connectivity index is 2.15. The summed E-state index contributed by atoms with van der Waals surface area (Å²) in [6.45, 7) is 0.667. The molecule has 0 aromatic carbocycles. The van der Waals surface area contributed by atoms with E-state index in [9.17, 15) is 0 Å². The number of hydrogen-bond donors (Lipinski definition) is 0. The van der Waals surface area contributed by atoms with Crippen molar-refractivity contribution in [2.75, 3.05) is 6.61 Å². The fourth-order valence-corrected chi connectivity index (χ4v) is 0.720. The summed E-state index contributed by atoms with van der Waals surface area (Å²) < 4.78 is 9.48. The highest BCUT2D eigenvalue weighted by molar-refractivity contribution is 4.92. The Morgan fingerprint density at radius 1 is 1.70 bits per heavy atom. The normalized spacial score (nSPS) is 10.1. The number of rotatable bonds is 4. The van der Waals surface area contributed by atoms with Crippen molar-refractivity contribution >= 4 is 0 Å². The first-order valence-corrected chi connectivity index (χ1v) is 3.20. The molecule has 0 aliphatic carbocycles. The van der Waals surface area contributed by atoms with Gasteiger partial charge < -0.3 is 9.26 Å². The fourth-order valence-electron chi connectivity index (χ4n) is 0.720. The first kappa shape index (κ1) is 7.28.